The van der Waals surface area contributed by atoms with Crippen molar-refractivity contribution in [2.45, 2.75) is 46.1 Å². The molecule has 0 bridgehead atoms. The van der Waals surface area contributed by atoms with Gasteiger partial charge in [-0.1, -0.05) is 32.9 Å². The van der Waals surface area contributed by atoms with E-state index in [9.17, 15) is 4.79 Å². The molecule has 1 aromatic rings. The van der Waals surface area contributed by atoms with Gasteiger partial charge in [-0.15, -0.1) is 0 Å². The van der Waals surface area contributed by atoms with Crippen molar-refractivity contribution in [3.8, 4) is 0 Å². The van der Waals surface area contributed by atoms with Gasteiger partial charge in [0, 0.05) is 5.41 Å². The first-order valence-electron chi connectivity index (χ1n) is 6.10. The van der Waals surface area contributed by atoms with Gasteiger partial charge in [0.05, 0.1) is 13.1 Å². The molecule has 1 N–H and O–H groups in total. The van der Waals surface area contributed by atoms with Gasteiger partial charge in [0.25, 0.3) is 0 Å². The Bertz CT molecular complexity index is 396. The van der Waals surface area contributed by atoms with Crippen LogP contribution < -0.4 is 0 Å². The van der Waals surface area contributed by atoms with Crippen LogP contribution in [0, 0.1) is 0 Å². The number of carboxylic acid groups (broad SMARTS) is 1. The van der Waals surface area contributed by atoms with Gasteiger partial charge in [-0.2, -0.15) is 4.98 Å². The van der Waals surface area contributed by atoms with Crippen LogP contribution in [0.25, 0.3) is 0 Å². The summed E-state index contributed by atoms with van der Waals surface area (Å²) in [7, 11) is 0. The lowest BCUT2D eigenvalue weighted by atomic mass is 9.97. The zero-order chi connectivity index (χ0) is 13.8. The van der Waals surface area contributed by atoms with Crippen molar-refractivity contribution < 1.29 is 14.4 Å². The van der Waals surface area contributed by atoms with E-state index in [1.54, 1.807) is 4.90 Å². The topological polar surface area (TPSA) is 79.5 Å². The highest BCUT2D eigenvalue weighted by molar-refractivity contribution is 5.69. The standard InChI is InChI=1S/C12H21N3O3/c1-5-6-15(8-10(16)17)7-9-13-11(18-14-9)12(2,3)4/h5-8H2,1-4H3,(H,16,17). The molecule has 1 heterocycles. The summed E-state index contributed by atoms with van der Waals surface area (Å²) in [6, 6.07) is 0. The summed E-state index contributed by atoms with van der Waals surface area (Å²) in [5.74, 6) is 0.266. The lowest BCUT2D eigenvalue weighted by molar-refractivity contribution is -0.138. The molecule has 0 fully saturated rings. The number of hydrogen-bond donors (Lipinski definition) is 1. The van der Waals surface area contributed by atoms with Crippen LogP contribution in [-0.2, 0) is 16.8 Å². The fourth-order valence-corrected chi connectivity index (χ4v) is 1.54. The third-order valence-electron chi connectivity index (χ3n) is 2.37. The summed E-state index contributed by atoms with van der Waals surface area (Å²) >= 11 is 0. The average molecular weight is 255 g/mol. The molecular formula is C12H21N3O3. The third-order valence-corrected chi connectivity index (χ3v) is 2.37. The molecule has 0 aliphatic rings. The van der Waals surface area contributed by atoms with Crippen LogP contribution in [0.1, 0.15) is 45.8 Å². The van der Waals surface area contributed by atoms with Gasteiger partial charge in [0.1, 0.15) is 0 Å². The Hall–Kier alpha value is -1.43. The van der Waals surface area contributed by atoms with E-state index in [-0.39, 0.29) is 12.0 Å². The molecule has 0 saturated carbocycles. The molecule has 0 amide bonds. The Labute approximate surface area is 107 Å². The van der Waals surface area contributed by atoms with Crippen LogP contribution in [0.3, 0.4) is 0 Å². The van der Waals surface area contributed by atoms with E-state index in [1.165, 1.54) is 0 Å². The van der Waals surface area contributed by atoms with Crippen molar-refractivity contribution >= 4 is 5.97 Å². The number of aliphatic carboxylic acids is 1. The fraction of sp³-hybridized carbons (Fsp3) is 0.750. The molecule has 0 aromatic carbocycles. The summed E-state index contributed by atoms with van der Waals surface area (Å²) in [6.45, 7) is 9.08. The molecule has 6 heteroatoms. The maximum Gasteiger partial charge on any atom is 0.317 e. The predicted octanol–water partition coefficient (Wildman–Crippen LogP) is 1.66. The molecule has 0 atom stereocenters. The highest BCUT2D eigenvalue weighted by Crippen LogP contribution is 2.19. The highest BCUT2D eigenvalue weighted by atomic mass is 16.5. The van der Waals surface area contributed by atoms with Crippen LogP contribution in [0.2, 0.25) is 0 Å². The molecule has 0 spiro atoms. The molecular weight excluding hydrogens is 234 g/mol. The van der Waals surface area contributed by atoms with E-state index in [0.29, 0.717) is 24.8 Å². The Morgan fingerprint density at radius 1 is 1.44 bits per heavy atom. The Morgan fingerprint density at radius 2 is 2.11 bits per heavy atom. The zero-order valence-corrected chi connectivity index (χ0v) is 11.4. The van der Waals surface area contributed by atoms with Gasteiger partial charge in [-0.3, -0.25) is 9.69 Å². The minimum atomic E-state index is -0.844. The Morgan fingerprint density at radius 3 is 2.56 bits per heavy atom. The number of nitrogens with zero attached hydrogens (tertiary/aromatic N) is 3. The lowest BCUT2D eigenvalue weighted by Crippen LogP contribution is -2.30. The van der Waals surface area contributed by atoms with Gasteiger partial charge < -0.3 is 9.63 Å². The number of rotatable bonds is 6. The number of aromatic nitrogens is 2. The number of carbonyl (C=O) groups is 1. The molecule has 0 radical (unpaired) electrons. The first-order chi connectivity index (χ1) is 8.32. The van der Waals surface area contributed by atoms with Gasteiger partial charge in [0.2, 0.25) is 5.89 Å². The van der Waals surface area contributed by atoms with E-state index in [2.05, 4.69) is 10.1 Å². The molecule has 0 unspecified atom stereocenters. The monoisotopic (exact) mass is 255 g/mol. The summed E-state index contributed by atoms with van der Waals surface area (Å²) in [4.78, 5) is 16.8. The van der Waals surface area contributed by atoms with Crippen LogP contribution in [0.15, 0.2) is 4.52 Å². The van der Waals surface area contributed by atoms with Crippen molar-refractivity contribution in [2.75, 3.05) is 13.1 Å². The average Bonchev–Trinajstić information content (AvgIpc) is 2.64. The van der Waals surface area contributed by atoms with E-state index in [4.69, 9.17) is 9.63 Å². The van der Waals surface area contributed by atoms with Crippen molar-refractivity contribution in [1.29, 1.82) is 0 Å². The summed E-state index contributed by atoms with van der Waals surface area (Å²) < 4.78 is 5.18. The predicted molar refractivity (Wildman–Crippen MR) is 66.2 cm³/mol. The normalized spacial score (nSPS) is 12.1. The molecule has 6 nitrogen and oxygen atoms in total. The summed E-state index contributed by atoms with van der Waals surface area (Å²) in [6.07, 6.45) is 0.886. The van der Waals surface area contributed by atoms with Crippen LogP contribution in [0.4, 0.5) is 0 Å². The molecule has 0 saturated heterocycles. The fourth-order valence-electron chi connectivity index (χ4n) is 1.54. The Balaban J connectivity index is 2.69. The molecule has 1 rings (SSSR count). The Kier molecular flexibility index (Phi) is 4.84. The van der Waals surface area contributed by atoms with E-state index in [0.717, 1.165) is 6.42 Å². The maximum atomic E-state index is 10.7. The quantitative estimate of drug-likeness (QED) is 0.832. The summed E-state index contributed by atoms with van der Waals surface area (Å²) in [5, 5.41) is 12.7. The lowest BCUT2D eigenvalue weighted by Gasteiger charge is -2.16. The van der Waals surface area contributed by atoms with Crippen molar-refractivity contribution in [3.05, 3.63) is 11.7 Å². The minimum absolute atomic E-state index is 0.00672. The van der Waals surface area contributed by atoms with E-state index >= 15 is 0 Å². The molecule has 1 aromatic heterocycles. The first kappa shape index (κ1) is 14.6. The van der Waals surface area contributed by atoms with Crippen molar-refractivity contribution in [2.24, 2.45) is 0 Å². The van der Waals surface area contributed by atoms with Gasteiger partial charge >= 0.3 is 5.97 Å². The van der Waals surface area contributed by atoms with Gasteiger partial charge in [0.15, 0.2) is 5.82 Å². The molecule has 0 aliphatic carbocycles. The van der Waals surface area contributed by atoms with E-state index < -0.39 is 5.97 Å². The maximum absolute atomic E-state index is 10.7. The molecule has 0 aliphatic heterocycles. The third kappa shape index (κ3) is 4.44. The van der Waals surface area contributed by atoms with Crippen molar-refractivity contribution in [1.82, 2.24) is 15.0 Å². The van der Waals surface area contributed by atoms with Crippen LogP contribution in [-0.4, -0.2) is 39.2 Å². The second-order valence-corrected chi connectivity index (χ2v) is 5.37. The largest absolute Gasteiger partial charge is 0.480 e. The summed E-state index contributed by atoms with van der Waals surface area (Å²) in [5.41, 5.74) is -0.187. The van der Waals surface area contributed by atoms with Crippen LogP contribution in [0.5, 0.6) is 0 Å². The number of carboxylic acids is 1. The van der Waals surface area contributed by atoms with Crippen molar-refractivity contribution in [3.63, 3.8) is 0 Å². The van der Waals surface area contributed by atoms with Crippen LogP contribution >= 0.6 is 0 Å². The van der Waals surface area contributed by atoms with E-state index in [1.807, 2.05) is 27.7 Å². The minimum Gasteiger partial charge on any atom is -0.480 e. The zero-order valence-electron chi connectivity index (χ0n) is 11.4. The smallest absolute Gasteiger partial charge is 0.317 e. The second kappa shape index (κ2) is 5.95. The molecule has 18 heavy (non-hydrogen) atoms. The SMILES string of the molecule is CCCN(CC(=O)O)Cc1noc(C(C)(C)C)n1. The second-order valence-electron chi connectivity index (χ2n) is 5.37. The van der Waals surface area contributed by atoms with Gasteiger partial charge in [-0.05, 0) is 13.0 Å². The van der Waals surface area contributed by atoms with Gasteiger partial charge in [-0.25, -0.2) is 0 Å². The first-order valence-corrected chi connectivity index (χ1v) is 6.10. The highest BCUT2D eigenvalue weighted by Gasteiger charge is 2.22. The number of hydrogen-bond acceptors (Lipinski definition) is 5. The molecule has 102 valence electrons.